The van der Waals surface area contributed by atoms with Gasteiger partial charge in [0.25, 0.3) is 0 Å². The first kappa shape index (κ1) is 12.5. The number of nitrogens with zero attached hydrogens (tertiary/aromatic N) is 4. The van der Waals surface area contributed by atoms with Crippen LogP contribution in [0.1, 0.15) is 12.7 Å². The van der Waals surface area contributed by atoms with E-state index in [1.165, 1.54) is 0 Å². The second-order valence-corrected chi connectivity index (χ2v) is 4.32. The molecule has 17 heavy (non-hydrogen) atoms. The van der Waals surface area contributed by atoms with Crippen LogP contribution in [0.2, 0.25) is 0 Å². The smallest absolute Gasteiger partial charge is 0.140 e. The van der Waals surface area contributed by atoms with Gasteiger partial charge in [0.1, 0.15) is 12.2 Å². The molecule has 1 saturated heterocycles. The molecule has 1 aromatic rings. The summed E-state index contributed by atoms with van der Waals surface area (Å²) in [5.74, 6) is 0.952. The number of nitrogens with one attached hydrogen (secondary N) is 1. The molecule has 6 heteroatoms. The third-order valence-electron chi connectivity index (χ3n) is 3.13. The SMILES string of the molecule is CCN1CCOC(CNCc2ncnn2C)C1. The van der Waals surface area contributed by atoms with Gasteiger partial charge < -0.3 is 10.1 Å². The molecule has 1 aliphatic rings. The third kappa shape index (κ3) is 3.49. The highest BCUT2D eigenvalue weighted by molar-refractivity contribution is 4.83. The molecule has 0 aromatic carbocycles. The lowest BCUT2D eigenvalue weighted by Gasteiger charge is -2.32. The van der Waals surface area contributed by atoms with Crippen molar-refractivity contribution in [3.05, 3.63) is 12.2 Å². The minimum Gasteiger partial charge on any atom is -0.374 e. The van der Waals surface area contributed by atoms with Crippen LogP contribution in [-0.4, -0.2) is 58.6 Å². The molecule has 6 nitrogen and oxygen atoms in total. The summed E-state index contributed by atoms with van der Waals surface area (Å²) in [6.07, 6.45) is 1.87. The van der Waals surface area contributed by atoms with Gasteiger partial charge in [-0.3, -0.25) is 9.58 Å². The largest absolute Gasteiger partial charge is 0.374 e. The average molecular weight is 239 g/mol. The second kappa shape index (κ2) is 6.09. The fraction of sp³-hybridized carbons (Fsp3) is 0.818. The number of hydrogen-bond acceptors (Lipinski definition) is 5. The van der Waals surface area contributed by atoms with Crippen LogP contribution in [-0.2, 0) is 18.3 Å². The van der Waals surface area contributed by atoms with Crippen molar-refractivity contribution in [1.82, 2.24) is 25.0 Å². The van der Waals surface area contributed by atoms with E-state index in [1.807, 2.05) is 7.05 Å². The van der Waals surface area contributed by atoms with E-state index in [-0.39, 0.29) is 6.10 Å². The highest BCUT2D eigenvalue weighted by atomic mass is 16.5. The summed E-state index contributed by atoms with van der Waals surface area (Å²) in [5, 5.41) is 7.40. The predicted molar refractivity (Wildman–Crippen MR) is 64.6 cm³/mol. The van der Waals surface area contributed by atoms with Gasteiger partial charge in [-0.25, -0.2) is 4.98 Å². The van der Waals surface area contributed by atoms with Crippen molar-refractivity contribution in [3.8, 4) is 0 Å². The van der Waals surface area contributed by atoms with Crippen LogP contribution >= 0.6 is 0 Å². The van der Waals surface area contributed by atoms with Crippen molar-refractivity contribution >= 4 is 0 Å². The number of hydrogen-bond donors (Lipinski definition) is 1. The van der Waals surface area contributed by atoms with Crippen LogP contribution in [0, 0.1) is 0 Å². The number of ether oxygens (including phenoxy) is 1. The van der Waals surface area contributed by atoms with E-state index < -0.39 is 0 Å². The number of morpholine rings is 1. The zero-order valence-corrected chi connectivity index (χ0v) is 10.6. The molecule has 0 aliphatic carbocycles. The summed E-state index contributed by atoms with van der Waals surface area (Å²) in [7, 11) is 1.90. The van der Waals surface area contributed by atoms with Crippen LogP contribution < -0.4 is 5.32 Å². The lowest BCUT2D eigenvalue weighted by atomic mass is 10.2. The topological polar surface area (TPSA) is 55.2 Å². The molecular weight excluding hydrogens is 218 g/mol. The maximum Gasteiger partial charge on any atom is 0.140 e. The van der Waals surface area contributed by atoms with Crippen molar-refractivity contribution in [3.63, 3.8) is 0 Å². The van der Waals surface area contributed by atoms with Crippen LogP contribution in [0.25, 0.3) is 0 Å². The Balaban J connectivity index is 1.70. The third-order valence-corrected chi connectivity index (χ3v) is 3.13. The Labute approximate surface area is 102 Å². The highest BCUT2D eigenvalue weighted by Gasteiger charge is 2.18. The van der Waals surface area contributed by atoms with Gasteiger partial charge in [0.15, 0.2) is 0 Å². The number of likely N-dealkylation sites (N-methyl/N-ethyl adjacent to an activating group) is 1. The maximum absolute atomic E-state index is 5.71. The van der Waals surface area contributed by atoms with Crippen molar-refractivity contribution < 1.29 is 4.74 Å². The zero-order valence-electron chi connectivity index (χ0n) is 10.6. The zero-order chi connectivity index (χ0) is 12.1. The Morgan fingerprint density at radius 2 is 2.47 bits per heavy atom. The van der Waals surface area contributed by atoms with Gasteiger partial charge in [-0.2, -0.15) is 5.10 Å². The van der Waals surface area contributed by atoms with Crippen molar-refractivity contribution in [2.45, 2.75) is 19.6 Å². The normalized spacial score (nSPS) is 21.9. The fourth-order valence-corrected chi connectivity index (χ4v) is 2.02. The molecular formula is C11H21N5O. The molecule has 0 amide bonds. The summed E-state index contributed by atoms with van der Waals surface area (Å²) in [6.45, 7) is 7.80. The predicted octanol–water partition coefficient (Wildman–Crippen LogP) is -0.375. The van der Waals surface area contributed by atoms with E-state index in [1.54, 1.807) is 11.0 Å². The Hall–Kier alpha value is -0.980. The lowest BCUT2D eigenvalue weighted by Crippen LogP contribution is -2.46. The Kier molecular flexibility index (Phi) is 4.47. The van der Waals surface area contributed by atoms with E-state index in [0.29, 0.717) is 0 Å². The molecule has 0 bridgehead atoms. The number of rotatable bonds is 5. The van der Waals surface area contributed by atoms with E-state index in [0.717, 1.165) is 45.2 Å². The maximum atomic E-state index is 5.71. The molecule has 2 rings (SSSR count). The number of aromatic nitrogens is 3. The Bertz CT molecular complexity index is 340. The summed E-state index contributed by atoms with van der Waals surface area (Å²) in [5.41, 5.74) is 0. The summed E-state index contributed by atoms with van der Waals surface area (Å²) >= 11 is 0. The van der Waals surface area contributed by atoms with Gasteiger partial charge in [0.05, 0.1) is 19.3 Å². The first-order valence-corrected chi connectivity index (χ1v) is 6.17. The molecule has 2 heterocycles. The summed E-state index contributed by atoms with van der Waals surface area (Å²) < 4.78 is 7.50. The van der Waals surface area contributed by atoms with Crippen molar-refractivity contribution in [1.29, 1.82) is 0 Å². The number of aryl methyl sites for hydroxylation is 1. The van der Waals surface area contributed by atoms with Gasteiger partial charge in [-0.15, -0.1) is 0 Å². The van der Waals surface area contributed by atoms with Crippen LogP contribution in [0.15, 0.2) is 6.33 Å². The Morgan fingerprint density at radius 1 is 1.59 bits per heavy atom. The highest BCUT2D eigenvalue weighted by Crippen LogP contribution is 2.03. The molecule has 1 atom stereocenters. The van der Waals surface area contributed by atoms with E-state index in [2.05, 4.69) is 27.2 Å². The van der Waals surface area contributed by atoms with Gasteiger partial charge >= 0.3 is 0 Å². The fourth-order valence-electron chi connectivity index (χ4n) is 2.02. The van der Waals surface area contributed by atoms with Crippen LogP contribution in [0.4, 0.5) is 0 Å². The van der Waals surface area contributed by atoms with Gasteiger partial charge in [0, 0.05) is 26.7 Å². The first-order valence-electron chi connectivity index (χ1n) is 6.17. The van der Waals surface area contributed by atoms with Gasteiger partial charge in [-0.1, -0.05) is 6.92 Å². The molecule has 1 N–H and O–H groups in total. The molecule has 1 aliphatic heterocycles. The lowest BCUT2D eigenvalue weighted by molar-refractivity contribution is -0.0254. The standard InChI is InChI=1S/C11H21N5O/c1-3-16-4-5-17-10(8-16)6-12-7-11-13-9-14-15(11)2/h9-10,12H,3-8H2,1-2H3. The van der Waals surface area contributed by atoms with E-state index in [9.17, 15) is 0 Å². The van der Waals surface area contributed by atoms with Crippen molar-refractivity contribution in [2.75, 3.05) is 32.8 Å². The second-order valence-electron chi connectivity index (χ2n) is 4.32. The van der Waals surface area contributed by atoms with E-state index in [4.69, 9.17) is 4.74 Å². The average Bonchev–Trinajstić information content (AvgIpc) is 2.76. The molecule has 1 fully saturated rings. The molecule has 0 spiro atoms. The molecule has 0 radical (unpaired) electrons. The molecule has 1 aromatic heterocycles. The minimum atomic E-state index is 0.289. The van der Waals surface area contributed by atoms with Gasteiger partial charge in [-0.05, 0) is 6.54 Å². The first-order chi connectivity index (χ1) is 8.29. The van der Waals surface area contributed by atoms with E-state index >= 15 is 0 Å². The molecule has 96 valence electrons. The Morgan fingerprint density at radius 3 is 3.18 bits per heavy atom. The monoisotopic (exact) mass is 239 g/mol. The summed E-state index contributed by atoms with van der Waals surface area (Å²) in [4.78, 5) is 6.58. The van der Waals surface area contributed by atoms with Gasteiger partial charge in [0.2, 0.25) is 0 Å². The minimum absolute atomic E-state index is 0.289. The summed E-state index contributed by atoms with van der Waals surface area (Å²) in [6, 6.07) is 0. The van der Waals surface area contributed by atoms with Crippen LogP contribution in [0.3, 0.4) is 0 Å². The quantitative estimate of drug-likeness (QED) is 0.759. The van der Waals surface area contributed by atoms with Crippen molar-refractivity contribution in [2.24, 2.45) is 7.05 Å². The molecule has 0 saturated carbocycles. The van der Waals surface area contributed by atoms with Crippen LogP contribution in [0.5, 0.6) is 0 Å². The molecule has 1 unspecified atom stereocenters.